The number of amides is 5. The molecule has 5 aliphatic rings. The fourth-order valence-corrected chi connectivity index (χ4v) is 10.5. The molecule has 0 bridgehead atoms. The Morgan fingerprint density at radius 3 is 2.25 bits per heavy atom. The number of halogens is 1. The highest BCUT2D eigenvalue weighted by Crippen LogP contribution is 2.55. The van der Waals surface area contributed by atoms with E-state index in [2.05, 4.69) is 64.8 Å². The first-order chi connectivity index (χ1) is 28.7. The Morgan fingerprint density at radius 2 is 1.60 bits per heavy atom. The van der Waals surface area contributed by atoms with Crippen LogP contribution < -0.4 is 20.3 Å². The van der Waals surface area contributed by atoms with E-state index in [0.29, 0.717) is 39.2 Å². The number of ether oxygens (including phenoxy) is 1. The molecule has 2 N–H and O–H groups in total. The molecular formula is C47H49ClN6O6. The minimum atomic E-state index is -0.986. The number of carbonyl (C=O) groups excluding carboxylic acids is 5. The summed E-state index contributed by atoms with van der Waals surface area (Å²) < 4.78 is 6.37. The van der Waals surface area contributed by atoms with Crippen molar-refractivity contribution in [3.05, 3.63) is 99.4 Å². The van der Waals surface area contributed by atoms with Gasteiger partial charge in [0.1, 0.15) is 17.9 Å². The lowest BCUT2D eigenvalue weighted by Gasteiger charge is -2.63. The Balaban J connectivity index is 0.808. The largest absolute Gasteiger partial charge is 0.489 e. The van der Waals surface area contributed by atoms with Gasteiger partial charge in [0.25, 0.3) is 17.7 Å². The van der Waals surface area contributed by atoms with Crippen LogP contribution in [0.3, 0.4) is 0 Å². The van der Waals surface area contributed by atoms with E-state index in [1.807, 2.05) is 30.3 Å². The van der Waals surface area contributed by atoms with Crippen LogP contribution in [-0.2, 0) is 9.59 Å². The highest BCUT2D eigenvalue weighted by Gasteiger charge is 2.64. The number of carbonyl (C=O) groups is 5. The van der Waals surface area contributed by atoms with Gasteiger partial charge in [-0.05, 0) is 93.7 Å². The average molecular weight is 829 g/mol. The predicted octanol–water partition coefficient (Wildman–Crippen LogP) is 6.64. The lowest BCUT2D eigenvalue weighted by atomic mass is 9.49. The Kier molecular flexibility index (Phi) is 11.0. The van der Waals surface area contributed by atoms with Crippen molar-refractivity contribution in [1.29, 1.82) is 0 Å². The third-order valence-corrected chi connectivity index (χ3v) is 13.6. The van der Waals surface area contributed by atoms with Gasteiger partial charge in [0.2, 0.25) is 17.5 Å². The van der Waals surface area contributed by atoms with Gasteiger partial charge >= 0.3 is 0 Å². The molecule has 1 unspecified atom stereocenters. The Bertz CT molecular complexity index is 2340. The van der Waals surface area contributed by atoms with Crippen molar-refractivity contribution in [1.82, 2.24) is 20.4 Å². The first-order valence-corrected chi connectivity index (χ1v) is 21.1. The van der Waals surface area contributed by atoms with Gasteiger partial charge in [-0.2, -0.15) is 0 Å². The Hall–Kier alpha value is -5.69. The summed E-state index contributed by atoms with van der Waals surface area (Å²) >= 11 is 6.25. The monoisotopic (exact) mass is 828 g/mol. The SMILES string of the molecule is [C-]#[N+]c1ccc(OC2C(C)(C)C(NC(=O)c3ccc(C#CC4CCN(C5CCN(c6cccc7c6C(=O)N(C6CCC(=O)NC6=O)C7=O)CC5)CC4)cc3)C2(C)C)cc1Cl. The number of hydrogen-bond donors (Lipinski definition) is 2. The number of benzene rings is 3. The summed E-state index contributed by atoms with van der Waals surface area (Å²) in [6, 6.07) is 17.2. The zero-order valence-corrected chi connectivity index (χ0v) is 35.1. The van der Waals surface area contributed by atoms with E-state index in [4.69, 9.17) is 22.9 Å². The smallest absolute Gasteiger partial charge is 0.264 e. The van der Waals surface area contributed by atoms with Crippen molar-refractivity contribution in [2.24, 2.45) is 16.7 Å². The van der Waals surface area contributed by atoms with Crippen LogP contribution in [0.1, 0.15) is 103 Å². The summed E-state index contributed by atoms with van der Waals surface area (Å²) in [4.78, 5) is 73.9. The number of hydrogen-bond acceptors (Lipinski definition) is 8. The van der Waals surface area contributed by atoms with Crippen molar-refractivity contribution >= 4 is 52.5 Å². The summed E-state index contributed by atoms with van der Waals surface area (Å²) in [5.41, 5.74) is 2.48. The topological polar surface area (TPSA) is 133 Å². The second-order valence-electron chi connectivity index (χ2n) is 17.8. The third kappa shape index (κ3) is 7.52. The Labute approximate surface area is 355 Å². The quantitative estimate of drug-likeness (QED) is 0.154. The highest BCUT2D eigenvalue weighted by molar-refractivity contribution is 6.33. The standard InChI is InChI=1S/C47H49ClN6O6/c1-46(2)44(47(3,4)45(46)60-32-15-16-35(49-5)34(48)27-32)51-40(56)30-13-11-28(12-14-30)9-10-29-19-23-52(24-20-29)31-21-25-53(26-22-31)36-8-6-7-33-39(36)43(59)54(42(33)58)37-17-18-38(55)50-41(37)57/h6-8,11-16,27,29,31,37,44-45H,17-26H2,1-4H3,(H,51,56)(H,50,55,57). The number of piperidine rings is 3. The number of imide groups is 2. The number of anilines is 1. The predicted molar refractivity (Wildman–Crippen MR) is 227 cm³/mol. The molecule has 4 heterocycles. The summed E-state index contributed by atoms with van der Waals surface area (Å²) in [6.07, 6.45) is 3.84. The second-order valence-corrected chi connectivity index (χ2v) is 18.2. The summed E-state index contributed by atoms with van der Waals surface area (Å²) in [5, 5.41) is 5.87. The van der Waals surface area contributed by atoms with Gasteiger partial charge in [0, 0.05) is 59.5 Å². The molecule has 0 radical (unpaired) electrons. The zero-order chi connectivity index (χ0) is 42.5. The van der Waals surface area contributed by atoms with Crippen molar-refractivity contribution in [2.45, 2.75) is 90.4 Å². The average Bonchev–Trinajstić information content (AvgIpc) is 3.49. The number of fused-ring (bicyclic) bond motifs is 1. The molecule has 1 saturated carbocycles. The molecule has 12 nitrogen and oxygen atoms in total. The van der Waals surface area contributed by atoms with E-state index < -0.39 is 29.7 Å². The molecule has 3 aromatic carbocycles. The van der Waals surface area contributed by atoms with Crippen LogP contribution in [-0.4, -0.2) is 89.7 Å². The van der Waals surface area contributed by atoms with Crippen LogP contribution in [0.4, 0.5) is 11.4 Å². The van der Waals surface area contributed by atoms with Crippen LogP contribution in [0.25, 0.3) is 4.85 Å². The number of likely N-dealkylation sites (tertiary alicyclic amines) is 1. The molecule has 5 amide bonds. The van der Waals surface area contributed by atoms with E-state index in [-0.39, 0.29) is 47.6 Å². The molecule has 1 aliphatic carbocycles. The van der Waals surface area contributed by atoms with Crippen molar-refractivity contribution in [2.75, 3.05) is 31.1 Å². The first-order valence-electron chi connectivity index (χ1n) is 20.8. The van der Waals surface area contributed by atoms with Gasteiger partial charge in [0.05, 0.1) is 28.4 Å². The fourth-order valence-electron chi connectivity index (χ4n) is 10.3. The fraction of sp³-hybridized carbons (Fsp3) is 0.447. The van der Waals surface area contributed by atoms with Gasteiger partial charge in [-0.25, -0.2) is 4.85 Å². The minimum absolute atomic E-state index is 0.0862. The number of nitrogens with zero attached hydrogens (tertiary/aromatic N) is 4. The molecule has 0 spiro atoms. The van der Waals surface area contributed by atoms with E-state index in [0.717, 1.165) is 68.0 Å². The van der Waals surface area contributed by atoms with E-state index in [1.54, 1.807) is 30.3 Å². The molecule has 60 heavy (non-hydrogen) atoms. The molecule has 4 fully saturated rings. The lowest BCUT2D eigenvalue weighted by molar-refractivity contribution is -0.164. The van der Waals surface area contributed by atoms with Crippen LogP contribution in [0.15, 0.2) is 60.7 Å². The lowest BCUT2D eigenvalue weighted by Crippen LogP contribution is -2.74. The van der Waals surface area contributed by atoms with Crippen LogP contribution in [0, 0.1) is 35.2 Å². The Morgan fingerprint density at radius 1 is 0.900 bits per heavy atom. The maximum absolute atomic E-state index is 13.7. The highest BCUT2D eigenvalue weighted by atomic mass is 35.5. The molecule has 8 rings (SSSR count). The third-order valence-electron chi connectivity index (χ3n) is 13.3. The van der Waals surface area contributed by atoms with Crippen molar-refractivity contribution in [3.8, 4) is 17.6 Å². The van der Waals surface area contributed by atoms with Gasteiger partial charge < -0.3 is 19.9 Å². The molecular weight excluding hydrogens is 780 g/mol. The van der Waals surface area contributed by atoms with Gasteiger partial charge in [-0.15, -0.1) is 0 Å². The second kappa shape index (κ2) is 16.1. The summed E-state index contributed by atoms with van der Waals surface area (Å²) in [5.74, 6) is 5.60. The number of rotatable bonds is 7. The molecule has 3 saturated heterocycles. The molecule has 0 aromatic heterocycles. The summed E-state index contributed by atoms with van der Waals surface area (Å²) in [6.45, 7) is 19.0. The van der Waals surface area contributed by atoms with Gasteiger partial charge in [-0.3, -0.25) is 34.2 Å². The van der Waals surface area contributed by atoms with E-state index >= 15 is 0 Å². The van der Waals surface area contributed by atoms with Crippen LogP contribution in [0.2, 0.25) is 5.02 Å². The summed E-state index contributed by atoms with van der Waals surface area (Å²) in [7, 11) is 0. The molecule has 13 heteroatoms. The number of nitrogens with one attached hydrogen (secondary N) is 2. The first kappa shape index (κ1) is 41.1. The van der Waals surface area contributed by atoms with Gasteiger partial charge in [-0.1, -0.05) is 63.3 Å². The van der Waals surface area contributed by atoms with Crippen molar-refractivity contribution in [3.63, 3.8) is 0 Å². The van der Waals surface area contributed by atoms with E-state index in [9.17, 15) is 24.0 Å². The maximum atomic E-state index is 13.7. The van der Waals surface area contributed by atoms with Gasteiger partial charge in [0.15, 0.2) is 0 Å². The normalized spacial score (nSPS) is 24.1. The maximum Gasteiger partial charge on any atom is 0.264 e. The molecule has 4 aliphatic heterocycles. The molecule has 310 valence electrons. The van der Waals surface area contributed by atoms with Crippen LogP contribution >= 0.6 is 11.6 Å². The van der Waals surface area contributed by atoms with Crippen molar-refractivity contribution < 1.29 is 28.7 Å². The molecule has 3 aromatic rings. The zero-order valence-electron chi connectivity index (χ0n) is 34.3. The van der Waals surface area contributed by atoms with E-state index in [1.165, 1.54) is 0 Å². The molecule has 1 atom stereocenters. The van der Waals surface area contributed by atoms with Crippen LogP contribution in [0.5, 0.6) is 5.75 Å². The minimum Gasteiger partial charge on any atom is -0.489 e.